The molecule has 6 heteroatoms. The highest BCUT2D eigenvalue weighted by Gasteiger charge is 2.19. The van der Waals surface area contributed by atoms with Crippen LogP contribution in [0.15, 0.2) is 60.8 Å². The molecule has 0 heterocycles. The maximum Gasteiger partial charge on any atom is 0.306 e. The average molecular weight is 966 g/mol. The molecule has 400 valence electrons. The lowest BCUT2D eigenvalue weighted by Crippen LogP contribution is -2.30. The van der Waals surface area contributed by atoms with Crippen LogP contribution in [0.25, 0.3) is 0 Å². The van der Waals surface area contributed by atoms with Crippen molar-refractivity contribution in [3.8, 4) is 0 Å². The zero-order valence-electron chi connectivity index (χ0n) is 45.8. The van der Waals surface area contributed by atoms with E-state index in [0.717, 1.165) is 96.3 Å². The van der Waals surface area contributed by atoms with Crippen LogP contribution in [0.4, 0.5) is 0 Å². The molecular weight excluding hydrogens is 853 g/mol. The molecule has 0 aliphatic heterocycles. The summed E-state index contributed by atoms with van der Waals surface area (Å²) in [5.74, 6) is -0.894. The number of carbonyl (C=O) groups excluding carboxylic acids is 3. The summed E-state index contributed by atoms with van der Waals surface area (Å²) in [6.07, 6.45) is 72.0. The molecule has 0 bridgehead atoms. The smallest absolute Gasteiger partial charge is 0.306 e. The average Bonchev–Trinajstić information content (AvgIpc) is 3.35. The summed E-state index contributed by atoms with van der Waals surface area (Å²) in [4.78, 5) is 38.2. The topological polar surface area (TPSA) is 78.9 Å². The van der Waals surface area contributed by atoms with Crippen LogP contribution in [0.2, 0.25) is 0 Å². The molecule has 0 aromatic heterocycles. The van der Waals surface area contributed by atoms with Crippen LogP contribution in [-0.2, 0) is 28.6 Å². The van der Waals surface area contributed by atoms with E-state index in [0.29, 0.717) is 19.3 Å². The third-order valence-corrected chi connectivity index (χ3v) is 13.0. The molecule has 0 aliphatic carbocycles. The van der Waals surface area contributed by atoms with E-state index >= 15 is 0 Å². The van der Waals surface area contributed by atoms with Crippen molar-refractivity contribution in [3.05, 3.63) is 60.8 Å². The van der Waals surface area contributed by atoms with E-state index in [-0.39, 0.29) is 31.1 Å². The Morgan fingerprint density at radius 2 is 0.522 bits per heavy atom. The van der Waals surface area contributed by atoms with Gasteiger partial charge in [-0.3, -0.25) is 14.4 Å². The minimum Gasteiger partial charge on any atom is -0.462 e. The van der Waals surface area contributed by atoms with Crippen LogP contribution < -0.4 is 0 Å². The monoisotopic (exact) mass is 965 g/mol. The maximum atomic E-state index is 12.9. The summed E-state index contributed by atoms with van der Waals surface area (Å²) in [5.41, 5.74) is 0. The van der Waals surface area contributed by atoms with E-state index in [2.05, 4.69) is 81.5 Å². The first-order valence-corrected chi connectivity index (χ1v) is 29.8. The zero-order chi connectivity index (χ0) is 50.0. The fourth-order valence-electron chi connectivity index (χ4n) is 8.44. The Labute approximate surface area is 428 Å². The van der Waals surface area contributed by atoms with Gasteiger partial charge in [0.05, 0.1) is 0 Å². The first-order valence-electron chi connectivity index (χ1n) is 29.8. The molecule has 0 rings (SSSR count). The highest BCUT2D eigenvalue weighted by Crippen LogP contribution is 2.15. The highest BCUT2D eigenvalue weighted by atomic mass is 16.6. The van der Waals surface area contributed by atoms with E-state index in [1.54, 1.807) is 0 Å². The SMILES string of the molecule is CCCCC/C=C\C/C=C\CCCCCCCCCC(=O)OC[C@H](COC(=O)CCCCCCCCCCC/C=C\CCCCCCCC)OC(=O)CCCCCCC/C=C\C/C=C\CCCCC. The quantitative estimate of drug-likeness (QED) is 0.0262. The van der Waals surface area contributed by atoms with Gasteiger partial charge in [-0.2, -0.15) is 0 Å². The van der Waals surface area contributed by atoms with Crippen molar-refractivity contribution in [2.75, 3.05) is 13.2 Å². The van der Waals surface area contributed by atoms with Crippen molar-refractivity contribution in [1.82, 2.24) is 0 Å². The van der Waals surface area contributed by atoms with Gasteiger partial charge in [0.2, 0.25) is 0 Å². The molecule has 0 fully saturated rings. The maximum absolute atomic E-state index is 12.9. The molecule has 1 atom stereocenters. The molecule has 0 spiro atoms. The number of carbonyl (C=O) groups is 3. The second kappa shape index (κ2) is 57.7. The lowest BCUT2D eigenvalue weighted by atomic mass is 10.1. The van der Waals surface area contributed by atoms with Crippen LogP contribution in [0.5, 0.6) is 0 Å². The largest absolute Gasteiger partial charge is 0.462 e. The van der Waals surface area contributed by atoms with Gasteiger partial charge in [0.25, 0.3) is 0 Å². The second-order valence-corrected chi connectivity index (χ2v) is 19.9. The molecule has 0 unspecified atom stereocenters. The lowest BCUT2D eigenvalue weighted by molar-refractivity contribution is -0.167. The predicted octanol–water partition coefficient (Wildman–Crippen LogP) is 20.0. The Kier molecular flexibility index (Phi) is 55.3. The lowest BCUT2D eigenvalue weighted by Gasteiger charge is -2.18. The van der Waals surface area contributed by atoms with Gasteiger partial charge in [-0.05, 0) is 109 Å². The number of rotatable bonds is 54. The van der Waals surface area contributed by atoms with E-state index in [1.165, 1.54) is 167 Å². The van der Waals surface area contributed by atoms with E-state index < -0.39 is 6.10 Å². The van der Waals surface area contributed by atoms with Gasteiger partial charge in [-0.25, -0.2) is 0 Å². The minimum absolute atomic E-state index is 0.0824. The number of esters is 3. The van der Waals surface area contributed by atoms with Crippen molar-refractivity contribution in [1.29, 1.82) is 0 Å². The molecule has 0 amide bonds. The Balaban J connectivity index is 4.38. The summed E-state index contributed by atoms with van der Waals surface area (Å²) >= 11 is 0. The molecule has 6 nitrogen and oxygen atoms in total. The van der Waals surface area contributed by atoms with Gasteiger partial charge in [0, 0.05) is 19.3 Å². The highest BCUT2D eigenvalue weighted by molar-refractivity contribution is 5.71. The van der Waals surface area contributed by atoms with E-state index in [9.17, 15) is 14.4 Å². The Bertz CT molecular complexity index is 1250. The molecule has 0 saturated heterocycles. The second-order valence-electron chi connectivity index (χ2n) is 19.9. The summed E-state index contributed by atoms with van der Waals surface area (Å²) < 4.78 is 16.9. The minimum atomic E-state index is -0.786. The fraction of sp³-hybridized carbons (Fsp3) is 0.794. The standard InChI is InChI=1S/C63H112O6/c1-4-7-10-13-16-19-22-25-28-30-31-33-36-38-41-44-47-50-53-56-62(65)68-59-60(69-63(66)57-54-51-48-45-42-39-34-27-24-21-18-15-12-9-6-3)58-67-61(64)55-52-49-46-43-40-37-35-32-29-26-23-20-17-14-11-8-5-2/h17-18,20-21,25-29,34,60H,4-16,19,22-24,30-33,35-59H2,1-3H3/b20-17-,21-18-,28-25-,29-26-,34-27-/t60-/m1/s1. The van der Waals surface area contributed by atoms with E-state index in [1.807, 2.05) is 0 Å². The summed E-state index contributed by atoms with van der Waals surface area (Å²) in [7, 11) is 0. The molecule has 0 radical (unpaired) electrons. The number of unbranched alkanes of at least 4 members (excludes halogenated alkanes) is 33. The van der Waals surface area contributed by atoms with Gasteiger partial charge in [-0.1, -0.05) is 236 Å². The van der Waals surface area contributed by atoms with Crippen molar-refractivity contribution in [3.63, 3.8) is 0 Å². The Morgan fingerprint density at radius 3 is 0.841 bits per heavy atom. The van der Waals surface area contributed by atoms with Crippen molar-refractivity contribution < 1.29 is 28.6 Å². The normalized spacial score (nSPS) is 12.4. The molecule has 69 heavy (non-hydrogen) atoms. The van der Waals surface area contributed by atoms with Crippen LogP contribution in [0.3, 0.4) is 0 Å². The summed E-state index contributed by atoms with van der Waals surface area (Å²) in [5, 5.41) is 0. The summed E-state index contributed by atoms with van der Waals surface area (Å²) in [6, 6.07) is 0. The first-order chi connectivity index (χ1) is 34.0. The number of ether oxygens (including phenoxy) is 3. The number of hydrogen-bond donors (Lipinski definition) is 0. The van der Waals surface area contributed by atoms with E-state index in [4.69, 9.17) is 14.2 Å². The van der Waals surface area contributed by atoms with Crippen LogP contribution in [0.1, 0.15) is 303 Å². The molecule has 0 aromatic carbocycles. The summed E-state index contributed by atoms with van der Waals surface area (Å²) in [6.45, 7) is 6.59. The van der Waals surface area contributed by atoms with Crippen LogP contribution >= 0.6 is 0 Å². The Morgan fingerprint density at radius 1 is 0.290 bits per heavy atom. The van der Waals surface area contributed by atoms with Gasteiger partial charge < -0.3 is 14.2 Å². The fourth-order valence-corrected chi connectivity index (χ4v) is 8.44. The third-order valence-electron chi connectivity index (χ3n) is 13.0. The number of hydrogen-bond acceptors (Lipinski definition) is 6. The van der Waals surface area contributed by atoms with Crippen molar-refractivity contribution >= 4 is 17.9 Å². The third kappa shape index (κ3) is 55.9. The van der Waals surface area contributed by atoms with Crippen molar-refractivity contribution in [2.45, 2.75) is 309 Å². The van der Waals surface area contributed by atoms with Crippen LogP contribution in [-0.4, -0.2) is 37.2 Å². The first kappa shape index (κ1) is 66.1. The van der Waals surface area contributed by atoms with Gasteiger partial charge in [0.1, 0.15) is 13.2 Å². The Hall–Kier alpha value is -2.89. The number of allylic oxidation sites excluding steroid dienone is 10. The molecule has 0 aromatic rings. The zero-order valence-corrected chi connectivity index (χ0v) is 45.8. The predicted molar refractivity (Wildman–Crippen MR) is 298 cm³/mol. The van der Waals surface area contributed by atoms with Gasteiger partial charge in [0.15, 0.2) is 6.10 Å². The molecule has 0 saturated carbocycles. The van der Waals surface area contributed by atoms with Crippen LogP contribution in [0, 0.1) is 0 Å². The van der Waals surface area contributed by atoms with Gasteiger partial charge >= 0.3 is 17.9 Å². The molecular formula is C63H112O6. The van der Waals surface area contributed by atoms with Gasteiger partial charge in [-0.15, -0.1) is 0 Å². The van der Waals surface area contributed by atoms with Crippen molar-refractivity contribution in [2.24, 2.45) is 0 Å². The molecule has 0 aliphatic rings. The molecule has 0 N–H and O–H groups in total.